The first-order chi connectivity index (χ1) is 13.9. The lowest BCUT2D eigenvalue weighted by molar-refractivity contribution is -0.616. The second-order valence-electron chi connectivity index (χ2n) is 9.60. The zero-order chi connectivity index (χ0) is 22.3. The van der Waals surface area contributed by atoms with Gasteiger partial charge in [-0.25, -0.2) is 0 Å². The van der Waals surface area contributed by atoms with Gasteiger partial charge in [-0.05, 0) is 40.7 Å². The van der Waals surface area contributed by atoms with Gasteiger partial charge in [0, 0.05) is 35.4 Å². The molecule has 3 rings (SSSR count). The fourth-order valence-corrected chi connectivity index (χ4v) is 3.56. The number of rotatable bonds is 2. The summed E-state index contributed by atoms with van der Waals surface area (Å²) in [5.41, 5.74) is 2.40. The molecule has 0 radical (unpaired) electrons. The van der Waals surface area contributed by atoms with Crippen LogP contribution in [-0.4, -0.2) is 5.78 Å². The van der Waals surface area contributed by atoms with Crippen LogP contribution in [0.5, 0.6) is 0 Å². The summed E-state index contributed by atoms with van der Waals surface area (Å²) in [6.07, 6.45) is 6.47. The second kappa shape index (κ2) is 7.56. The van der Waals surface area contributed by atoms with Crippen LogP contribution in [0.2, 0.25) is 0 Å². The van der Waals surface area contributed by atoms with Crippen LogP contribution in [0.3, 0.4) is 0 Å². The van der Waals surface area contributed by atoms with Crippen molar-refractivity contribution in [3.63, 3.8) is 0 Å². The van der Waals surface area contributed by atoms with E-state index in [0.717, 1.165) is 9.46 Å². The van der Waals surface area contributed by atoms with Crippen LogP contribution in [0.1, 0.15) is 52.9 Å². The Labute approximate surface area is 177 Å². The lowest BCUT2D eigenvalue weighted by Gasteiger charge is -2.31. The molecule has 0 amide bonds. The lowest BCUT2D eigenvalue weighted by atomic mass is 9.71. The highest BCUT2D eigenvalue weighted by atomic mass is 16.5. The maximum atomic E-state index is 13.3. The molecule has 0 N–H and O–H groups in total. The number of Topliss-reactive ketones (excluding diaryl/α,β-unsaturated/α-hetero) is 1. The van der Waals surface area contributed by atoms with Gasteiger partial charge in [0.15, 0.2) is 18.2 Å². The van der Waals surface area contributed by atoms with Gasteiger partial charge in [-0.3, -0.25) is 4.79 Å². The van der Waals surface area contributed by atoms with E-state index in [2.05, 4.69) is 0 Å². The van der Waals surface area contributed by atoms with Gasteiger partial charge in [0.1, 0.15) is 5.57 Å². The normalized spacial score (nSPS) is 15.0. The molecular formula is C25H28N2O3. The standard InChI is InChI=1S/C25H28N2O3/c1-24(2,3)18-15-17(16-19(23(18)28)25(4,5)6)22(20-11-7-9-13-26(20)29)21-12-8-10-14-27(21)30/h7-16H,1-6H3. The Morgan fingerprint density at radius 1 is 0.733 bits per heavy atom. The van der Waals surface area contributed by atoms with Crippen molar-refractivity contribution >= 4 is 11.4 Å². The highest BCUT2D eigenvalue weighted by molar-refractivity contribution is 6.12. The molecule has 2 aromatic rings. The third kappa shape index (κ3) is 4.06. The van der Waals surface area contributed by atoms with Crippen molar-refractivity contribution in [2.45, 2.75) is 41.5 Å². The summed E-state index contributed by atoms with van der Waals surface area (Å²) in [7, 11) is 0. The molecule has 0 atom stereocenters. The van der Waals surface area contributed by atoms with Crippen molar-refractivity contribution in [3.05, 3.63) is 99.5 Å². The predicted octanol–water partition coefficient (Wildman–Crippen LogP) is 4.28. The molecule has 2 heterocycles. The maximum Gasteiger partial charge on any atom is 0.231 e. The average Bonchev–Trinajstić information content (AvgIpc) is 2.64. The molecular weight excluding hydrogens is 376 g/mol. The maximum absolute atomic E-state index is 13.3. The minimum Gasteiger partial charge on any atom is -0.618 e. The minimum absolute atomic E-state index is 0.00391. The third-order valence-electron chi connectivity index (χ3n) is 5.15. The first-order valence-electron chi connectivity index (χ1n) is 10.0. The molecule has 0 fully saturated rings. The van der Waals surface area contributed by atoms with Crippen molar-refractivity contribution in [2.75, 3.05) is 0 Å². The minimum atomic E-state index is -0.396. The van der Waals surface area contributed by atoms with Crippen LogP contribution < -0.4 is 9.46 Å². The predicted molar refractivity (Wildman–Crippen MR) is 117 cm³/mol. The number of pyridine rings is 2. The molecule has 0 saturated heterocycles. The molecule has 5 nitrogen and oxygen atoms in total. The fourth-order valence-electron chi connectivity index (χ4n) is 3.56. The van der Waals surface area contributed by atoms with E-state index in [9.17, 15) is 15.2 Å². The fraction of sp³-hybridized carbons (Fsp3) is 0.320. The van der Waals surface area contributed by atoms with E-state index < -0.39 is 10.8 Å². The van der Waals surface area contributed by atoms with E-state index in [-0.39, 0.29) is 5.78 Å². The zero-order valence-corrected chi connectivity index (χ0v) is 18.4. The summed E-state index contributed by atoms with van der Waals surface area (Å²) >= 11 is 0. The molecule has 0 aromatic carbocycles. The lowest BCUT2D eigenvalue weighted by Crippen LogP contribution is -2.36. The Kier molecular flexibility index (Phi) is 5.42. The SMILES string of the molecule is CC(C)(C)C1=CC(=C(c2cccc[n+]2[O-])c2cccc[n+]2[O-])C=C(C(C)(C)C)C1=O. The second-order valence-corrected chi connectivity index (χ2v) is 9.60. The van der Waals surface area contributed by atoms with Gasteiger partial charge in [0.05, 0.1) is 0 Å². The summed E-state index contributed by atoms with van der Waals surface area (Å²) in [6, 6.07) is 10.2. The van der Waals surface area contributed by atoms with E-state index >= 15 is 0 Å². The van der Waals surface area contributed by atoms with Gasteiger partial charge in [0.25, 0.3) is 0 Å². The molecule has 0 saturated carbocycles. The number of carbonyl (C=O) groups is 1. The van der Waals surface area contributed by atoms with Crippen molar-refractivity contribution in [1.29, 1.82) is 0 Å². The Morgan fingerprint density at radius 2 is 1.13 bits per heavy atom. The summed E-state index contributed by atoms with van der Waals surface area (Å²) in [5.74, 6) is 0.00391. The van der Waals surface area contributed by atoms with Crippen LogP contribution in [0.4, 0.5) is 0 Å². The summed E-state index contributed by atoms with van der Waals surface area (Å²) in [4.78, 5) is 13.3. The number of nitrogens with zero attached hydrogens (tertiary/aromatic N) is 2. The molecule has 30 heavy (non-hydrogen) atoms. The number of allylic oxidation sites excluding steroid dienone is 5. The molecule has 0 aliphatic heterocycles. The smallest absolute Gasteiger partial charge is 0.231 e. The molecule has 0 bridgehead atoms. The van der Waals surface area contributed by atoms with Gasteiger partial charge in [-0.1, -0.05) is 41.5 Å². The number of ketones is 1. The van der Waals surface area contributed by atoms with Gasteiger partial charge < -0.3 is 10.4 Å². The number of carbonyl (C=O) groups excluding carboxylic acids is 1. The van der Waals surface area contributed by atoms with Crippen molar-refractivity contribution in [1.82, 2.24) is 0 Å². The molecule has 2 aromatic heterocycles. The van der Waals surface area contributed by atoms with E-state index in [0.29, 0.717) is 33.7 Å². The summed E-state index contributed by atoms with van der Waals surface area (Å²) < 4.78 is 1.50. The first kappa shape index (κ1) is 21.5. The number of hydrogen-bond donors (Lipinski definition) is 0. The topological polar surface area (TPSA) is 70.9 Å². The van der Waals surface area contributed by atoms with E-state index in [4.69, 9.17) is 0 Å². The van der Waals surface area contributed by atoms with Crippen molar-refractivity contribution in [2.24, 2.45) is 10.8 Å². The summed E-state index contributed by atoms with van der Waals surface area (Å²) in [5, 5.41) is 25.3. The Hall–Kier alpha value is -3.21. The Morgan fingerprint density at radius 3 is 1.47 bits per heavy atom. The zero-order valence-electron chi connectivity index (χ0n) is 18.4. The number of hydrogen-bond acceptors (Lipinski definition) is 3. The van der Waals surface area contributed by atoms with Crippen LogP contribution in [-0.2, 0) is 4.79 Å². The van der Waals surface area contributed by atoms with Crippen molar-refractivity contribution < 1.29 is 14.3 Å². The molecule has 1 aliphatic rings. The Balaban J connectivity index is 2.47. The van der Waals surface area contributed by atoms with Gasteiger partial charge in [-0.2, -0.15) is 9.46 Å². The van der Waals surface area contributed by atoms with Crippen LogP contribution >= 0.6 is 0 Å². The molecule has 0 spiro atoms. The third-order valence-corrected chi connectivity index (χ3v) is 5.15. The quantitative estimate of drug-likeness (QED) is 0.554. The highest BCUT2D eigenvalue weighted by Gasteiger charge is 2.36. The molecule has 5 heteroatoms. The monoisotopic (exact) mass is 404 g/mol. The van der Waals surface area contributed by atoms with Gasteiger partial charge in [0.2, 0.25) is 11.4 Å². The highest BCUT2D eigenvalue weighted by Crippen LogP contribution is 2.41. The van der Waals surface area contributed by atoms with E-state index in [1.54, 1.807) is 36.4 Å². The average molecular weight is 405 g/mol. The van der Waals surface area contributed by atoms with E-state index in [1.165, 1.54) is 12.4 Å². The van der Waals surface area contributed by atoms with Gasteiger partial charge in [-0.15, -0.1) is 0 Å². The molecule has 0 unspecified atom stereocenters. The van der Waals surface area contributed by atoms with Crippen LogP contribution in [0.15, 0.2) is 77.7 Å². The first-order valence-corrected chi connectivity index (χ1v) is 10.0. The summed E-state index contributed by atoms with van der Waals surface area (Å²) in [6.45, 7) is 12.0. The molecule has 156 valence electrons. The van der Waals surface area contributed by atoms with Gasteiger partial charge >= 0.3 is 0 Å². The van der Waals surface area contributed by atoms with Crippen molar-refractivity contribution in [3.8, 4) is 0 Å². The Bertz CT molecular complexity index is 1010. The molecule has 1 aliphatic carbocycles. The largest absolute Gasteiger partial charge is 0.618 e. The van der Waals surface area contributed by atoms with E-state index in [1.807, 2.05) is 53.7 Å². The van der Waals surface area contributed by atoms with Crippen LogP contribution in [0, 0.1) is 21.2 Å². The van der Waals surface area contributed by atoms with Crippen LogP contribution in [0.25, 0.3) is 5.57 Å². The number of aromatic nitrogens is 2.